The van der Waals surface area contributed by atoms with Gasteiger partial charge in [0.05, 0.1) is 11.6 Å². The summed E-state index contributed by atoms with van der Waals surface area (Å²) in [5.41, 5.74) is 2.69. The van der Waals surface area contributed by atoms with E-state index >= 15 is 0 Å². The summed E-state index contributed by atoms with van der Waals surface area (Å²) in [7, 11) is 1.85. The third kappa shape index (κ3) is 4.11. The molecule has 1 aromatic heterocycles. The van der Waals surface area contributed by atoms with Crippen LogP contribution < -0.4 is 5.32 Å². The summed E-state index contributed by atoms with van der Waals surface area (Å²) in [6.07, 6.45) is 1.70. The first-order valence-electron chi connectivity index (χ1n) is 8.98. The molecule has 3 aromatic rings. The van der Waals surface area contributed by atoms with Gasteiger partial charge in [-0.3, -0.25) is 9.59 Å². The van der Waals surface area contributed by atoms with E-state index in [0.29, 0.717) is 11.1 Å². The first-order chi connectivity index (χ1) is 13.4. The maximum absolute atomic E-state index is 12.4. The molecule has 28 heavy (non-hydrogen) atoms. The standard InChI is InChI=1S/C22H22N2O4/c1-14(23-15(2)25)16-8-10-17(11-9-16)21(26)13-28-22(27)19-12-24(3)20-7-5-4-6-18(19)20/h4-12,14H,13H2,1-3H3,(H,23,25)/t14-/m0/s1. The number of rotatable bonds is 6. The molecule has 1 heterocycles. The Balaban J connectivity index is 1.65. The molecule has 0 radical (unpaired) electrons. The van der Waals surface area contributed by atoms with Crippen LogP contribution in [0.2, 0.25) is 0 Å². The fraction of sp³-hybridized carbons (Fsp3) is 0.227. The molecule has 0 saturated heterocycles. The zero-order chi connectivity index (χ0) is 20.3. The Morgan fingerprint density at radius 2 is 1.75 bits per heavy atom. The second kappa shape index (κ2) is 8.08. The minimum atomic E-state index is -0.527. The molecule has 1 amide bonds. The van der Waals surface area contributed by atoms with Gasteiger partial charge in [-0.05, 0) is 18.6 Å². The number of amides is 1. The Bertz CT molecular complexity index is 1030. The number of carbonyl (C=O) groups excluding carboxylic acids is 3. The van der Waals surface area contributed by atoms with Gasteiger partial charge in [0.2, 0.25) is 5.91 Å². The van der Waals surface area contributed by atoms with E-state index in [-0.39, 0.29) is 24.3 Å². The van der Waals surface area contributed by atoms with Crippen LogP contribution in [0.3, 0.4) is 0 Å². The molecule has 0 saturated carbocycles. The Hall–Kier alpha value is -3.41. The first-order valence-corrected chi connectivity index (χ1v) is 8.98. The zero-order valence-corrected chi connectivity index (χ0v) is 16.1. The number of nitrogens with zero attached hydrogens (tertiary/aromatic N) is 1. The number of Topliss-reactive ketones (excluding diaryl/α,β-unsaturated/α-hetero) is 1. The lowest BCUT2D eigenvalue weighted by atomic mass is 10.0. The summed E-state index contributed by atoms with van der Waals surface area (Å²) < 4.78 is 7.09. The molecule has 0 spiro atoms. The van der Waals surface area contributed by atoms with Crippen LogP contribution in [0.25, 0.3) is 10.9 Å². The Morgan fingerprint density at radius 3 is 2.43 bits per heavy atom. The molecule has 0 unspecified atom stereocenters. The van der Waals surface area contributed by atoms with E-state index in [1.165, 1.54) is 6.92 Å². The van der Waals surface area contributed by atoms with Crippen molar-refractivity contribution in [2.24, 2.45) is 7.05 Å². The van der Waals surface area contributed by atoms with Crippen molar-refractivity contribution in [3.05, 3.63) is 71.4 Å². The third-order valence-electron chi connectivity index (χ3n) is 4.60. The fourth-order valence-electron chi connectivity index (χ4n) is 3.14. The molecule has 2 aromatic carbocycles. The van der Waals surface area contributed by atoms with Gasteiger partial charge in [-0.1, -0.05) is 42.5 Å². The van der Waals surface area contributed by atoms with Gasteiger partial charge in [0.15, 0.2) is 12.4 Å². The second-order valence-corrected chi connectivity index (χ2v) is 6.71. The highest BCUT2D eigenvalue weighted by Crippen LogP contribution is 2.21. The first kappa shape index (κ1) is 19.4. The monoisotopic (exact) mass is 378 g/mol. The highest BCUT2D eigenvalue weighted by molar-refractivity contribution is 6.05. The van der Waals surface area contributed by atoms with Gasteiger partial charge in [-0.25, -0.2) is 4.79 Å². The molecule has 144 valence electrons. The number of ketones is 1. The summed E-state index contributed by atoms with van der Waals surface area (Å²) in [5.74, 6) is -0.929. The van der Waals surface area contributed by atoms with Gasteiger partial charge < -0.3 is 14.6 Å². The number of hydrogen-bond acceptors (Lipinski definition) is 4. The van der Waals surface area contributed by atoms with Crippen LogP contribution in [0.15, 0.2) is 54.7 Å². The quantitative estimate of drug-likeness (QED) is 0.527. The minimum Gasteiger partial charge on any atom is -0.454 e. The van der Waals surface area contributed by atoms with E-state index in [4.69, 9.17) is 4.74 Å². The van der Waals surface area contributed by atoms with Crippen LogP contribution in [0.4, 0.5) is 0 Å². The topological polar surface area (TPSA) is 77.4 Å². The largest absolute Gasteiger partial charge is 0.454 e. The van der Waals surface area contributed by atoms with Gasteiger partial charge in [-0.2, -0.15) is 0 Å². The smallest absolute Gasteiger partial charge is 0.340 e. The van der Waals surface area contributed by atoms with Crippen molar-refractivity contribution in [1.29, 1.82) is 0 Å². The second-order valence-electron chi connectivity index (χ2n) is 6.71. The number of nitrogens with one attached hydrogen (secondary N) is 1. The predicted octanol–water partition coefficient (Wildman–Crippen LogP) is 3.42. The summed E-state index contributed by atoms with van der Waals surface area (Å²) >= 11 is 0. The van der Waals surface area contributed by atoms with Crippen molar-refractivity contribution >= 4 is 28.6 Å². The average molecular weight is 378 g/mol. The van der Waals surface area contributed by atoms with Crippen molar-refractivity contribution < 1.29 is 19.1 Å². The number of fused-ring (bicyclic) bond motifs is 1. The zero-order valence-electron chi connectivity index (χ0n) is 16.1. The Labute approximate surface area is 163 Å². The van der Waals surface area contributed by atoms with Gasteiger partial charge in [0, 0.05) is 36.6 Å². The molecule has 1 N–H and O–H groups in total. The molecule has 6 nitrogen and oxygen atoms in total. The molecule has 0 aliphatic rings. The van der Waals surface area contributed by atoms with Crippen molar-refractivity contribution in [3.8, 4) is 0 Å². The summed E-state index contributed by atoms with van der Waals surface area (Å²) in [6.45, 7) is 2.99. The lowest BCUT2D eigenvalue weighted by Gasteiger charge is -2.13. The van der Waals surface area contributed by atoms with E-state index < -0.39 is 5.97 Å². The number of esters is 1. The third-order valence-corrected chi connectivity index (χ3v) is 4.60. The lowest BCUT2D eigenvalue weighted by molar-refractivity contribution is -0.119. The predicted molar refractivity (Wildman–Crippen MR) is 106 cm³/mol. The van der Waals surface area contributed by atoms with Crippen molar-refractivity contribution in [1.82, 2.24) is 9.88 Å². The molecule has 0 aliphatic carbocycles. The highest BCUT2D eigenvalue weighted by Gasteiger charge is 2.17. The van der Waals surface area contributed by atoms with Crippen molar-refractivity contribution in [3.63, 3.8) is 0 Å². The lowest BCUT2D eigenvalue weighted by Crippen LogP contribution is -2.23. The Kier molecular flexibility index (Phi) is 5.59. The number of para-hydroxylation sites is 1. The van der Waals surface area contributed by atoms with E-state index in [1.807, 2.05) is 42.8 Å². The van der Waals surface area contributed by atoms with Gasteiger partial charge in [-0.15, -0.1) is 0 Å². The van der Waals surface area contributed by atoms with E-state index in [9.17, 15) is 14.4 Å². The minimum absolute atomic E-state index is 0.118. The SMILES string of the molecule is CC(=O)N[C@@H](C)c1ccc(C(=O)COC(=O)c2cn(C)c3ccccc23)cc1. The number of benzene rings is 2. The summed E-state index contributed by atoms with van der Waals surface area (Å²) in [5, 5.41) is 3.58. The number of aromatic nitrogens is 1. The van der Waals surface area contributed by atoms with Gasteiger partial charge in [0.1, 0.15) is 0 Å². The maximum Gasteiger partial charge on any atom is 0.340 e. The Morgan fingerprint density at radius 1 is 1.07 bits per heavy atom. The normalized spacial score (nSPS) is 11.8. The van der Waals surface area contributed by atoms with Gasteiger partial charge in [0.25, 0.3) is 0 Å². The number of aryl methyl sites for hydroxylation is 1. The van der Waals surface area contributed by atoms with Crippen LogP contribution in [-0.4, -0.2) is 28.8 Å². The van der Waals surface area contributed by atoms with Crippen LogP contribution in [0.1, 0.15) is 46.2 Å². The highest BCUT2D eigenvalue weighted by atomic mass is 16.5. The van der Waals surface area contributed by atoms with Crippen LogP contribution in [0, 0.1) is 0 Å². The summed E-state index contributed by atoms with van der Waals surface area (Å²) in [4.78, 5) is 35.9. The number of carbonyl (C=O) groups is 3. The molecule has 6 heteroatoms. The molecule has 1 atom stereocenters. The molecule has 0 aliphatic heterocycles. The molecule has 3 rings (SSSR count). The maximum atomic E-state index is 12.4. The molecule has 0 fully saturated rings. The number of hydrogen-bond donors (Lipinski definition) is 1. The van der Waals surface area contributed by atoms with Gasteiger partial charge >= 0.3 is 5.97 Å². The van der Waals surface area contributed by atoms with Crippen molar-refractivity contribution in [2.75, 3.05) is 6.61 Å². The van der Waals surface area contributed by atoms with Crippen LogP contribution in [0.5, 0.6) is 0 Å². The van der Waals surface area contributed by atoms with E-state index in [1.54, 1.807) is 30.5 Å². The molecular formula is C22H22N2O4. The van der Waals surface area contributed by atoms with E-state index in [2.05, 4.69) is 5.32 Å². The fourth-order valence-corrected chi connectivity index (χ4v) is 3.14. The summed E-state index contributed by atoms with van der Waals surface area (Å²) in [6, 6.07) is 14.3. The molecule has 0 bridgehead atoms. The van der Waals surface area contributed by atoms with E-state index in [0.717, 1.165) is 16.5 Å². The average Bonchev–Trinajstić information content (AvgIpc) is 3.02. The molecular weight excluding hydrogens is 356 g/mol. The van der Waals surface area contributed by atoms with Crippen molar-refractivity contribution in [2.45, 2.75) is 19.9 Å². The number of ether oxygens (including phenoxy) is 1. The van der Waals surface area contributed by atoms with Crippen LogP contribution in [-0.2, 0) is 16.6 Å². The van der Waals surface area contributed by atoms with Crippen LogP contribution >= 0.6 is 0 Å².